The molecule has 0 spiro atoms. The number of benzene rings is 1. The van der Waals surface area contributed by atoms with Gasteiger partial charge in [-0.15, -0.1) is 0 Å². The number of carbonyl (C=O) groups is 1. The Morgan fingerprint density at radius 1 is 1.47 bits per heavy atom. The third-order valence-electron chi connectivity index (χ3n) is 2.54. The molecule has 0 radical (unpaired) electrons. The molecule has 2 N–H and O–H groups in total. The fourth-order valence-electron chi connectivity index (χ4n) is 1.37. The quantitative estimate of drug-likeness (QED) is 0.620. The van der Waals surface area contributed by atoms with E-state index in [9.17, 15) is 14.9 Å². The molecule has 1 unspecified atom stereocenters. The van der Waals surface area contributed by atoms with Crippen LogP contribution in [0, 0.1) is 16.0 Å². The molecule has 104 valence electrons. The number of carboxylic acid groups (broad SMARTS) is 1. The number of nitro benzene ring substituents is 1. The Bertz CT molecular complexity index is 484. The maximum atomic E-state index is 10.6. The van der Waals surface area contributed by atoms with Crippen LogP contribution < -0.4 is 5.32 Å². The van der Waals surface area contributed by atoms with E-state index in [0.717, 1.165) is 0 Å². The van der Waals surface area contributed by atoms with Crippen molar-refractivity contribution in [2.45, 2.75) is 13.3 Å². The highest BCUT2D eigenvalue weighted by atomic mass is 35.5. The monoisotopic (exact) mass is 306 g/mol. The summed E-state index contributed by atoms with van der Waals surface area (Å²) in [6, 6.07) is 2.38. The number of carboxylic acids is 1. The first-order chi connectivity index (χ1) is 8.82. The summed E-state index contributed by atoms with van der Waals surface area (Å²) in [6.45, 7) is 1.94. The van der Waals surface area contributed by atoms with Crippen molar-refractivity contribution in [3.8, 4) is 0 Å². The van der Waals surface area contributed by atoms with Gasteiger partial charge >= 0.3 is 5.97 Å². The van der Waals surface area contributed by atoms with Gasteiger partial charge in [-0.05, 0) is 6.42 Å². The SMILES string of the molecule is CC(CCNc1c(Cl)cc([N+](=O)[O-])cc1Cl)C(=O)O. The maximum absolute atomic E-state index is 10.6. The molecule has 0 fully saturated rings. The van der Waals surface area contributed by atoms with E-state index in [1.54, 1.807) is 6.92 Å². The van der Waals surface area contributed by atoms with E-state index in [1.165, 1.54) is 12.1 Å². The summed E-state index contributed by atoms with van der Waals surface area (Å²) in [7, 11) is 0. The van der Waals surface area contributed by atoms with Crippen LogP contribution in [0.1, 0.15) is 13.3 Å². The Morgan fingerprint density at radius 3 is 2.42 bits per heavy atom. The minimum atomic E-state index is -0.886. The highest BCUT2D eigenvalue weighted by Gasteiger charge is 2.15. The summed E-state index contributed by atoms with van der Waals surface area (Å²) in [5.41, 5.74) is 0.172. The van der Waals surface area contributed by atoms with E-state index < -0.39 is 16.8 Å². The largest absolute Gasteiger partial charge is 0.481 e. The van der Waals surface area contributed by atoms with Gasteiger partial charge in [-0.3, -0.25) is 14.9 Å². The Kier molecular flexibility index (Phi) is 5.38. The van der Waals surface area contributed by atoms with Gasteiger partial charge in [0.15, 0.2) is 0 Å². The molecular weight excluding hydrogens is 295 g/mol. The first-order valence-corrected chi connectivity index (χ1v) is 6.18. The average Bonchev–Trinajstić information content (AvgIpc) is 2.31. The predicted octanol–water partition coefficient (Wildman–Crippen LogP) is 3.42. The van der Waals surface area contributed by atoms with E-state index >= 15 is 0 Å². The number of nitro groups is 1. The topological polar surface area (TPSA) is 92.5 Å². The summed E-state index contributed by atoms with van der Waals surface area (Å²) in [4.78, 5) is 20.6. The van der Waals surface area contributed by atoms with Gasteiger partial charge in [0.2, 0.25) is 0 Å². The van der Waals surface area contributed by atoms with Crippen LogP contribution in [0.15, 0.2) is 12.1 Å². The summed E-state index contributed by atoms with van der Waals surface area (Å²) >= 11 is 11.8. The van der Waals surface area contributed by atoms with Gasteiger partial charge in [-0.25, -0.2) is 0 Å². The lowest BCUT2D eigenvalue weighted by Crippen LogP contribution is -2.14. The van der Waals surface area contributed by atoms with E-state index in [2.05, 4.69) is 5.32 Å². The van der Waals surface area contributed by atoms with Crippen LogP contribution in [-0.2, 0) is 4.79 Å². The number of hydrogen-bond donors (Lipinski definition) is 2. The van der Waals surface area contributed by atoms with Crippen molar-refractivity contribution >= 4 is 40.5 Å². The third kappa shape index (κ3) is 4.25. The number of nitrogens with zero attached hydrogens (tertiary/aromatic N) is 1. The van der Waals surface area contributed by atoms with E-state index in [0.29, 0.717) is 18.7 Å². The van der Waals surface area contributed by atoms with Gasteiger partial charge in [-0.1, -0.05) is 30.1 Å². The molecule has 0 aromatic heterocycles. The molecule has 1 aromatic carbocycles. The van der Waals surface area contributed by atoms with Crippen LogP contribution in [0.2, 0.25) is 10.0 Å². The zero-order chi connectivity index (χ0) is 14.6. The van der Waals surface area contributed by atoms with Gasteiger partial charge in [0.25, 0.3) is 5.69 Å². The summed E-state index contributed by atoms with van der Waals surface area (Å²) in [6.07, 6.45) is 0.388. The lowest BCUT2D eigenvalue weighted by Gasteiger charge is -2.11. The van der Waals surface area contributed by atoms with Crippen LogP contribution in [0.5, 0.6) is 0 Å². The first-order valence-electron chi connectivity index (χ1n) is 5.43. The average molecular weight is 307 g/mol. The van der Waals surface area contributed by atoms with Crippen LogP contribution in [-0.4, -0.2) is 22.5 Å². The Hall–Kier alpha value is -1.53. The second-order valence-corrected chi connectivity index (χ2v) is 4.81. The number of aliphatic carboxylic acids is 1. The van der Waals surface area contributed by atoms with E-state index in [-0.39, 0.29) is 15.7 Å². The minimum absolute atomic E-state index is 0.127. The van der Waals surface area contributed by atoms with Crippen molar-refractivity contribution in [3.05, 3.63) is 32.3 Å². The smallest absolute Gasteiger partial charge is 0.306 e. The van der Waals surface area contributed by atoms with Crippen molar-refractivity contribution in [1.29, 1.82) is 0 Å². The van der Waals surface area contributed by atoms with Crippen molar-refractivity contribution in [1.82, 2.24) is 0 Å². The first kappa shape index (κ1) is 15.5. The molecule has 0 aliphatic rings. The normalized spacial score (nSPS) is 11.9. The van der Waals surface area contributed by atoms with Gasteiger partial charge in [0.1, 0.15) is 0 Å². The molecule has 0 saturated heterocycles. The zero-order valence-electron chi connectivity index (χ0n) is 10.0. The Labute approximate surface area is 119 Å². The number of nitrogens with one attached hydrogen (secondary N) is 1. The molecular formula is C11H12Cl2N2O4. The maximum Gasteiger partial charge on any atom is 0.306 e. The summed E-state index contributed by atoms with van der Waals surface area (Å²) < 4.78 is 0. The fraction of sp³-hybridized carbons (Fsp3) is 0.364. The van der Waals surface area contributed by atoms with Gasteiger partial charge in [0, 0.05) is 18.7 Å². The molecule has 19 heavy (non-hydrogen) atoms. The number of non-ortho nitro benzene ring substituents is 1. The fourth-order valence-corrected chi connectivity index (χ4v) is 1.98. The van der Waals surface area contributed by atoms with Crippen LogP contribution in [0.25, 0.3) is 0 Å². The van der Waals surface area contributed by atoms with Crippen LogP contribution in [0.3, 0.4) is 0 Å². The van der Waals surface area contributed by atoms with Crippen molar-refractivity contribution < 1.29 is 14.8 Å². The lowest BCUT2D eigenvalue weighted by atomic mass is 10.1. The number of rotatable bonds is 6. The van der Waals surface area contributed by atoms with Crippen LogP contribution >= 0.6 is 23.2 Å². The summed E-state index contributed by atoms with van der Waals surface area (Å²) in [5, 5.41) is 22.5. The standard InChI is InChI=1S/C11H12Cl2N2O4/c1-6(11(16)17)2-3-14-10-8(12)4-7(15(18)19)5-9(10)13/h4-6,14H,2-3H2,1H3,(H,16,17). The predicted molar refractivity (Wildman–Crippen MR) is 73.0 cm³/mol. The van der Waals surface area contributed by atoms with Crippen LogP contribution in [0.4, 0.5) is 11.4 Å². The van der Waals surface area contributed by atoms with Gasteiger partial charge < -0.3 is 10.4 Å². The molecule has 6 nitrogen and oxygen atoms in total. The molecule has 0 aliphatic heterocycles. The molecule has 8 heteroatoms. The molecule has 0 heterocycles. The number of anilines is 1. The molecule has 1 rings (SSSR count). The molecule has 1 atom stereocenters. The number of halogens is 2. The highest BCUT2D eigenvalue weighted by molar-refractivity contribution is 6.39. The van der Waals surface area contributed by atoms with Crippen molar-refractivity contribution in [2.75, 3.05) is 11.9 Å². The highest BCUT2D eigenvalue weighted by Crippen LogP contribution is 2.34. The van der Waals surface area contributed by atoms with Gasteiger partial charge in [0.05, 0.1) is 26.6 Å². The second kappa shape index (κ2) is 6.58. The Morgan fingerprint density at radius 2 is 2.00 bits per heavy atom. The van der Waals surface area contributed by atoms with Crippen molar-refractivity contribution in [2.24, 2.45) is 5.92 Å². The molecule has 0 bridgehead atoms. The zero-order valence-corrected chi connectivity index (χ0v) is 11.5. The molecule has 0 amide bonds. The molecule has 0 saturated carbocycles. The van der Waals surface area contributed by atoms with Crippen molar-refractivity contribution in [3.63, 3.8) is 0 Å². The van der Waals surface area contributed by atoms with E-state index in [4.69, 9.17) is 28.3 Å². The Balaban J connectivity index is 2.74. The molecule has 0 aliphatic carbocycles. The van der Waals surface area contributed by atoms with E-state index in [1.807, 2.05) is 0 Å². The minimum Gasteiger partial charge on any atom is -0.481 e. The molecule has 1 aromatic rings. The third-order valence-corrected chi connectivity index (χ3v) is 3.13. The van der Waals surface area contributed by atoms with Gasteiger partial charge in [-0.2, -0.15) is 0 Å². The number of hydrogen-bond acceptors (Lipinski definition) is 4. The summed E-state index contributed by atoms with van der Waals surface area (Å²) in [5.74, 6) is -1.38. The second-order valence-electron chi connectivity index (χ2n) is 4.00. The lowest BCUT2D eigenvalue weighted by molar-refractivity contribution is -0.384.